The van der Waals surface area contributed by atoms with Crippen molar-refractivity contribution in [2.24, 2.45) is 0 Å². The Kier molecular flexibility index (Phi) is 5.55. The molecule has 0 bridgehead atoms. The predicted molar refractivity (Wildman–Crippen MR) is 96.3 cm³/mol. The number of carbonyl (C=O) groups excluding carboxylic acids is 1. The highest BCUT2D eigenvalue weighted by molar-refractivity contribution is 9.10. The summed E-state index contributed by atoms with van der Waals surface area (Å²) in [5.74, 6) is -0.672. The summed E-state index contributed by atoms with van der Waals surface area (Å²) in [5.41, 5.74) is 2.59. The smallest absolute Gasteiger partial charge is 0.405 e. The average Bonchev–Trinajstić information content (AvgIpc) is 2.63. The van der Waals surface area contributed by atoms with E-state index in [4.69, 9.17) is 0 Å². The fourth-order valence-electron chi connectivity index (χ4n) is 2.38. The molecule has 0 amide bonds. The van der Waals surface area contributed by atoms with Gasteiger partial charge in [0.15, 0.2) is 5.78 Å². The Morgan fingerprint density at radius 3 is 2.44 bits per heavy atom. The molecule has 0 aliphatic heterocycles. The summed E-state index contributed by atoms with van der Waals surface area (Å²) in [6, 6.07) is 11.0. The summed E-state index contributed by atoms with van der Waals surface area (Å²) in [4.78, 5) is 20.7. The molecule has 27 heavy (non-hydrogen) atoms. The second-order valence-electron chi connectivity index (χ2n) is 5.57. The minimum Gasteiger partial charge on any atom is -0.405 e. The number of carbonyl (C=O) groups is 1. The van der Waals surface area contributed by atoms with Crippen molar-refractivity contribution >= 4 is 21.7 Å². The van der Waals surface area contributed by atoms with Crippen molar-refractivity contribution in [3.8, 4) is 16.9 Å². The summed E-state index contributed by atoms with van der Waals surface area (Å²) >= 11 is 2.99. The van der Waals surface area contributed by atoms with E-state index in [1.807, 2.05) is 18.2 Å². The van der Waals surface area contributed by atoms with Gasteiger partial charge >= 0.3 is 6.36 Å². The maximum atomic E-state index is 12.4. The summed E-state index contributed by atoms with van der Waals surface area (Å²) in [7, 11) is 0. The van der Waals surface area contributed by atoms with Gasteiger partial charge in [-0.1, -0.05) is 12.1 Å². The van der Waals surface area contributed by atoms with Gasteiger partial charge in [-0.05, 0) is 46.3 Å². The SMILES string of the molecule is O=C(Cc1ccc(-c2cccnc2)cn1)c1ccc(OC(F)(F)F)c(Br)c1. The molecule has 0 atom stereocenters. The number of nitrogens with zero attached hydrogens (tertiary/aromatic N) is 2. The van der Waals surface area contributed by atoms with E-state index < -0.39 is 12.1 Å². The van der Waals surface area contributed by atoms with E-state index in [2.05, 4.69) is 30.6 Å². The summed E-state index contributed by atoms with van der Waals surface area (Å²) in [6.45, 7) is 0. The van der Waals surface area contributed by atoms with Crippen molar-refractivity contribution in [3.05, 3.63) is 76.8 Å². The van der Waals surface area contributed by atoms with Crippen LogP contribution in [0.5, 0.6) is 5.75 Å². The number of rotatable bonds is 5. The number of alkyl halides is 3. The molecule has 2 aromatic heterocycles. The molecule has 3 aromatic rings. The monoisotopic (exact) mass is 436 g/mol. The van der Waals surface area contributed by atoms with Gasteiger partial charge in [0.1, 0.15) is 5.75 Å². The molecule has 0 fully saturated rings. The average molecular weight is 437 g/mol. The molecule has 0 aliphatic rings. The second-order valence-corrected chi connectivity index (χ2v) is 6.43. The lowest BCUT2D eigenvalue weighted by Gasteiger charge is -2.11. The highest BCUT2D eigenvalue weighted by atomic mass is 79.9. The Morgan fingerprint density at radius 2 is 1.85 bits per heavy atom. The van der Waals surface area contributed by atoms with E-state index in [-0.39, 0.29) is 22.2 Å². The molecule has 0 N–H and O–H groups in total. The number of Topliss-reactive ketones (excluding diaryl/α,β-unsaturated/α-hetero) is 1. The minimum atomic E-state index is -4.80. The van der Waals surface area contributed by atoms with Gasteiger partial charge in [-0.2, -0.15) is 0 Å². The van der Waals surface area contributed by atoms with E-state index in [0.717, 1.165) is 17.2 Å². The first-order chi connectivity index (χ1) is 12.8. The number of halogens is 4. The number of aromatic nitrogens is 2. The Hall–Kier alpha value is -2.74. The Bertz CT molecular complexity index is 945. The fourth-order valence-corrected chi connectivity index (χ4v) is 2.84. The van der Waals surface area contributed by atoms with Gasteiger partial charge in [-0.25, -0.2) is 0 Å². The first kappa shape index (κ1) is 19.0. The lowest BCUT2D eigenvalue weighted by molar-refractivity contribution is -0.274. The van der Waals surface area contributed by atoms with Crippen LogP contribution in [0.1, 0.15) is 16.1 Å². The predicted octanol–water partition coefficient (Wildman–Crippen LogP) is 5.23. The molecule has 1 aromatic carbocycles. The van der Waals surface area contributed by atoms with E-state index >= 15 is 0 Å². The Morgan fingerprint density at radius 1 is 1.07 bits per heavy atom. The van der Waals surface area contributed by atoms with Gasteiger partial charge in [-0.3, -0.25) is 14.8 Å². The Labute approximate surface area is 161 Å². The zero-order chi connectivity index (χ0) is 19.4. The van der Waals surface area contributed by atoms with Crippen LogP contribution in [0.3, 0.4) is 0 Å². The number of hydrogen-bond acceptors (Lipinski definition) is 4. The summed E-state index contributed by atoms with van der Waals surface area (Å²) in [6.07, 6.45) is 0.264. The van der Waals surface area contributed by atoms with Gasteiger partial charge in [0.05, 0.1) is 10.9 Å². The fraction of sp³-hybridized carbons (Fsp3) is 0.105. The molecule has 138 valence electrons. The van der Waals surface area contributed by atoms with Gasteiger partial charge in [0.2, 0.25) is 0 Å². The van der Waals surface area contributed by atoms with E-state index in [0.29, 0.717) is 5.69 Å². The molecular formula is C19H12BrF3N2O2. The minimum absolute atomic E-state index is 0.0270. The Balaban J connectivity index is 1.71. The maximum absolute atomic E-state index is 12.4. The van der Waals surface area contributed by atoms with Crippen LogP contribution in [0, 0.1) is 0 Å². The van der Waals surface area contributed by atoms with Crippen LogP contribution in [0.2, 0.25) is 0 Å². The van der Waals surface area contributed by atoms with Crippen LogP contribution in [-0.2, 0) is 6.42 Å². The zero-order valence-electron chi connectivity index (χ0n) is 13.7. The maximum Gasteiger partial charge on any atom is 0.573 e. The summed E-state index contributed by atoms with van der Waals surface area (Å²) < 4.78 is 40.8. The van der Waals surface area contributed by atoms with Crippen molar-refractivity contribution in [2.45, 2.75) is 12.8 Å². The largest absolute Gasteiger partial charge is 0.573 e. The third kappa shape index (κ3) is 5.13. The third-order valence-corrected chi connectivity index (χ3v) is 4.26. The van der Waals surface area contributed by atoms with Crippen LogP contribution < -0.4 is 4.74 Å². The second kappa shape index (κ2) is 7.87. The standard InChI is InChI=1S/C19H12BrF3N2O2/c20-16-8-12(4-6-18(16)27-19(21,22)23)17(26)9-15-5-3-14(11-25-15)13-2-1-7-24-10-13/h1-8,10-11H,9H2. The number of benzene rings is 1. The van der Waals surface area contributed by atoms with E-state index in [9.17, 15) is 18.0 Å². The van der Waals surface area contributed by atoms with Crippen molar-refractivity contribution < 1.29 is 22.7 Å². The first-order valence-corrected chi connectivity index (χ1v) is 8.55. The first-order valence-electron chi connectivity index (χ1n) is 7.76. The van der Waals surface area contributed by atoms with Gasteiger partial charge in [0, 0.05) is 41.0 Å². The quantitative estimate of drug-likeness (QED) is 0.513. The molecule has 8 heteroatoms. The lowest BCUT2D eigenvalue weighted by atomic mass is 10.0. The highest BCUT2D eigenvalue weighted by Gasteiger charge is 2.32. The molecule has 2 heterocycles. The van der Waals surface area contributed by atoms with Crippen LogP contribution >= 0.6 is 15.9 Å². The van der Waals surface area contributed by atoms with E-state index in [1.165, 1.54) is 12.1 Å². The number of ether oxygens (including phenoxy) is 1. The van der Waals surface area contributed by atoms with Gasteiger partial charge < -0.3 is 4.74 Å². The van der Waals surface area contributed by atoms with Crippen LogP contribution in [0.4, 0.5) is 13.2 Å². The molecule has 4 nitrogen and oxygen atoms in total. The third-order valence-electron chi connectivity index (χ3n) is 3.64. The van der Waals surface area contributed by atoms with Crippen LogP contribution in [0.15, 0.2) is 65.5 Å². The molecular weight excluding hydrogens is 425 g/mol. The molecule has 0 radical (unpaired) electrons. The number of pyridine rings is 2. The molecule has 0 aliphatic carbocycles. The molecule has 0 saturated carbocycles. The lowest BCUT2D eigenvalue weighted by Crippen LogP contribution is -2.17. The normalized spacial score (nSPS) is 11.3. The zero-order valence-corrected chi connectivity index (χ0v) is 15.3. The van der Waals surface area contributed by atoms with Crippen molar-refractivity contribution in [2.75, 3.05) is 0 Å². The molecule has 3 rings (SSSR count). The van der Waals surface area contributed by atoms with Crippen LogP contribution in [0.25, 0.3) is 11.1 Å². The number of hydrogen-bond donors (Lipinski definition) is 0. The van der Waals surface area contributed by atoms with Crippen molar-refractivity contribution in [3.63, 3.8) is 0 Å². The van der Waals surface area contributed by atoms with Gasteiger partial charge in [-0.15, -0.1) is 13.2 Å². The van der Waals surface area contributed by atoms with Crippen LogP contribution in [-0.4, -0.2) is 22.1 Å². The molecule has 0 spiro atoms. The van der Waals surface area contributed by atoms with Crippen molar-refractivity contribution in [1.82, 2.24) is 9.97 Å². The molecule has 0 saturated heterocycles. The molecule has 0 unspecified atom stereocenters. The topological polar surface area (TPSA) is 52.1 Å². The summed E-state index contributed by atoms with van der Waals surface area (Å²) in [5, 5.41) is 0. The number of ketones is 1. The van der Waals surface area contributed by atoms with E-state index in [1.54, 1.807) is 24.7 Å². The van der Waals surface area contributed by atoms with Crippen molar-refractivity contribution in [1.29, 1.82) is 0 Å². The highest BCUT2D eigenvalue weighted by Crippen LogP contribution is 2.31. The van der Waals surface area contributed by atoms with Gasteiger partial charge in [0.25, 0.3) is 0 Å².